The molecule has 0 bridgehead atoms. The number of benzene rings is 1. The molecule has 2 atom stereocenters. The monoisotopic (exact) mass is 316 g/mol. The first kappa shape index (κ1) is 16.0. The Hall–Kier alpha value is -1.88. The molecule has 0 saturated carbocycles. The van der Waals surface area contributed by atoms with E-state index in [0.717, 1.165) is 31.7 Å². The highest BCUT2D eigenvalue weighted by Gasteiger charge is 2.27. The van der Waals surface area contributed by atoms with Crippen LogP contribution in [0.25, 0.3) is 0 Å². The summed E-state index contributed by atoms with van der Waals surface area (Å²) in [5.74, 6) is 0.151. The third-order valence-corrected chi connectivity index (χ3v) is 5.11. The smallest absolute Gasteiger partial charge is 0.251 e. The Morgan fingerprint density at radius 3 is 2.74 bits per heavy atom. The minimum Gasteiger partial charge on any atom is -0.346 e. The molecule has 0 radical (unpaired) electrons. The Balaban J connectivity index is 1.56. The summed E-state index contributed by atoms with van der Waals surface area (Å²) in [7, 11) is 0. The number of nitrogens with zero attached hydrogens (tertiary/aromatic N) is 1. The van der Waals surface area contributed by atoms with Crippen molar-refractivity contribution in [1.82, 2.24) is 5.32 Å². The molecule has 1 aromatic carbocycles. The number of hydrogen-bond donors (Lipinski definition) is 2. The lowest BCUT2D eigenvalue weighted by Crippen LogP contribution is -3.14. The fourth-order valence-electron chi connectivity index (χ4n) is 3.73. The third-order valence-electron chi connectivity index (χ3n) is 5.11. The molecular formula is C18H26N3O2+. The summed E-state index contributed by atoms with van der Waals surface area (Å²) in [4.78, 5) is 27.4. The van der Waals surface area contributed by atoms with Crippen LogP contribution < -0.4 is 15.1 Å². The molecule has 1 aromatic rings. The molecule has 2 fully saturated rings. The van der Waals surface area contributed by atoms with Gasteiger partial charge >= 0.3 is 0 Å². The molecule has 2 amide bonds. The second-order valence-electron chi connectivity index (χ2n) is 6.51. The maximum atomic E-state index is 12.3. The topological polar surface area (TPSA) is 53.9 Å². The fraction of sp³-hybridized carbons (Fsp3) is 0.556. The van der Waals surface area contributed by atoms with Crippen LogP contribution in [0.3, 0.4) is 0 Å². The Bertz CT molecular complexity index is 570. The number of hydrogen-bond acceptors (Lipinski definition) is 2. The van der Waals surface area contributed by atoms with Crippen LogP contribution >= 0.6 is 0 Å². The number of quaternary nitrogens is 1. The van der Waals surface area contributed by atoms with Crippen molar-refractivity contribution in [2.45, 2.75) is 38.6 Å². The molecule has 124 valence electrons. The summed E-state index contributed by atoms with van der Waals surface area (Å²) in [5, 5.41) is 3.06. The normalized spacial score (nSPS) is 24.2. The van der Waals surface area contributed by atoms with Gasteiger partial charge in [-0.2, -0.15) is 0 Å². The molecule has 2 aliphatic heterocycles. The maximum absolute atomic E-state index is 12.3. The summed E-state index contributed by atoms with van der Waals surface area (Å²) in [6, 6.07) is 7.92. The molecule has 3 rings (SSSR count). The van der Waals surface area contributed by atoms with Crippen LogP contribution in [0.1, 0.15) is 43.0 Å². The van der Waals surface area contributed by atoms with Crippen molar-refractivity contribution in [3.8, 4) is 0 Å². The predicted octanol–water partition coefficient (Wildman–Crippen LogP) is 0.610. The molecular weight excluding hydrogens is 290 g/mol. The Morgan fingerprint density at radius 1 is 1.30 bits per heavy atom. The highest BCUT2D eigenvalue weighted by atomic mass is 16.2. The van der Waals surface area contributed by atoms with Gasteiger partial charge in [-0.05, 0) is 37.6 Å². The SMILES string of the molecule is CC[NH+]1CCCC1CNC(=O)c1ccc(N2CCCC2=O)cc1. The lowest BCUT2D eigenvalue weighted by Gasteiger charge is -2.20. The van der Waals surface area contributed by atoms with E-state index in [1.54, 1.807) is 9.80 Å². The van der Waals surface area contributed by atoms with Crippen LogP contribution in [0.5, 0.6) is 0 Å². The Labute approximate surface area is 137 Å². The highest BCUT2D eigenvalue weighted by molar-refractivity contribution is 5.97. The van der Waals surface area contributed by atoms with Crippen molar-refractivity contribution in [2.24, 2.45) is 0 Å². The van der Waals surface area contributed by atoms with Gasteiger partial charge in [-0.3, -0.25) is 9.59 Å². The van der Waals surface area contributed by atoms with Gasteiger partial charge in [-0.15, -0.1) is 0 Å². The molecule has 0 spiro atoms. The quantitative estimate of drug-likeness (QED) is 0.836. The average Bonchev–Trinajstić information content (AvgIpc) is 3.21. The Kier molecular flexibility index (Phi) is 4.96. The average molecular weight is 316 g/mol. The number of amides is 2. The van der Waals surface area contributed by atoms with E-state index in [1.165, 1.54) is 19.4 Å². The van der Waals surface area contributed by atoms with Gasteiger partial charge in [0.25, 0.3) is 5.91 Å². The van der Waals surface area contributed by atoms with E-state index in [9.17, 15) is 9.59 Å². The largest absolute Gasteiger partial charge is 0.346 e. The minimum atomic E-state index is -0.0216. The molecule has 0 aromatic heterocycles. The number of nitrogens with one attached hydrogen (secondary N) is 2. The number of likely N-dealkylation sites (N-methyl/N-ethyl adjacent to an activating group) is 1. The molecule has 5 nitrogen and oxygen atoms in total. The first-order chi connectivity index (χ1) is 11.2. The van der Waals surface area contributed by atoms with Gasteiger partial charge in [0.2, 0.25) is 5.91 Å². The van der Waals surface area contributed by atoms with Crippen molar-refractivity contribution < 1.29 is 14.5 Å². The summed E-state index contributed by atoms with van der Waals surface area (Å²) >= 11 is 0. The number of anilines is 1. The van der Waals surface area contributed by atoms with E-state index in [4.69, 9.17) is 0 Å². The summed E-state index contributed by atoms with van der Waals surface area (Å²) in [5.41, 5.74) is 1.55. The zero-order chi connectivity index (χ0) is 16.2. The van der Waals surface area contributed by atoms with Crippen LogP contribution in [-0.4, -0.2) is 44.0 Å². The minimum absolute atomic E-state index is 0.0216. The number of rotatable bonds is 5. The summed E-state index contributed by atoms with van der Waals surface area (Å²) in [6.07, 6.45) is 3.99. The van der Waals surface area contributed by atoms with Crippen molar-refractivity contribution in [3.63, 3.8) is 0 Å². The fourth-order valence-corrected chi connectivity index (χ4v) is 3.73. The summed E-state index contributed by atoms with van der Waals surface area (Å²) in [6.45, 7) is 6.07. The van der Waals surface area contributed by atoms with Gasteiger partial charge < -0.3 is 15.1 Å². The van der Waals surface area contributed by atoms with Gasteiger partial charge in [0, 0.05) is 37.1 Å². The lowest BCUT2D eigenvalue weighted by atomic mass is 10.1. The highest BCUT2D eigenvalue weighted by Crippen LogP contribution is 2.21. The van der Waals surface area contributed by atoms with E-state index in [-0.39, 0.29) is 11.8 Å². The van der Waals surface area contributed by atoms with Crippen molar-refractivity contribution >= 4 is 17.5 Å². The van der Waals surface area contributed by atoms with Crippen LogP contribution in [0.4, 0.5) is 5.69 Å². The van der Waals surface area contributed by atoms with Crippen LogP contribution in [0.2, 0.25) is 0 Å². The van der Waals surface area contributed by atoms with E-state index in [1.807, 2.05) is 24.3 Å². The van der Waals surface area contributed by atoms with Gasteiger partial charge in [0.15, 0.2) is 0 Å². The van der Waals surface area contributed by atoms with E-state index < -0.39 is 0 Å². The second-order valence-corrected chi connectivity index (χ2v) is 6.51. The van der Waals surface area contributed by atoms with E-state index >= 15 is 0 Å². The first-order valence-electron chi connectivity index (χ1n) is 8.72. The van der Waals surface area contributed by atoms with Crippen molar-refractivity contribution in [1.29, 1.82) is 0 Å². The van der Waals surface area contributed by atoms with Crippen molar-refractivity contribution in [2.75, 3.05) is 31.1 Å². The molecule has 0 aliphatic carbocycles. The third kappa shape index (κ3) is 3.55. The van der Waals surface area contributed by atoms with E-state index in [2.05, 4.69) is 12.2 Å². The second kappa shape index (κ2) is 7.13. The molecule has 2 unspecified atom stereocenters. The number of likely N-dealkylation sites (tertiary alicyclic amines) is 1. The number of carbonyl (C=O) groups excluding carboxylic acids is 2. The lowest BCUT2D eigenvalue weighted by molar-refractivity contribution is -0.909. The predicted molar refractivity (Wildman–Crippen MR) is 89.8 cm³/mol. The van der Waals surface area contributed by atoms with Gasteiger partial charge in [0.1, 0.15) is 6.04 Å². The molecule has 2 N–H and O–H groups in total. The first-order valence-corrected chi connectivity index (χ1v) is 8.72. The Morgan fingerprint density at radius 2 is 2.09 bits per heavy atom. The molecule has 23 heavy (non-hydrogen) atoms. The van der Waals surface area contributed by atoms with Crippen LogP contribution in [0.15, 0.2) is 24.3 Å². The standard InChI is InChI=1S/C18H25N3O2/c1-2-20-11-3-5-16(20)13-19-18(23)14-7-9-15(10-8-14)21-12-4-6-17(21)22/h7-10,16H,2-6,11-13H2,1H3,(H,19,23)/p+1. The maximum Gasteiger partial charge on any atom is 0.251 e. The van der Waals surface area contributed by atoms with Crippen LogP contribution in [0, 0.1) is 0 Å². The molecule has 2 saturated heterocycles. The van der Waals surface area contributed by atoms with Gasteiger partial charge in [-0.25, -0.2) is 0 Å². The zero-order valence-corrected chi connectivity index (χ0v) is 13.8. The zero-order valence-electron chi connectivity index (χ0n) is 13.8. The molecule has 5 heteroatoms. The number of carbonyl (C=O) groups is 2. The summed E-state index contributed by atoms with van der Waals surface area (Å²) < 4.78 is 0. The van der Waals surface area contributed by atoms with Crippen molar-refractivity contribution in [3.05, 3.63) is 29.8 Å². The van der Waals surface area contributed by atoms with E-state index in [0.29, 0.717) is 18.0 Å². The van der Waals surface area contributed by atoms with Gasteiger partial charge in [-0.1, -0.05) is 0 Å². The molecule has 2 aliphatic rings. The van der Waals surface area contributed by atoms with Gasteiger partial charge in [0.05, 0.1) is 19.6 Å². The molecule has 2 heterocycles. The van der Waals surface area contributed by atoms with Crippen LogP contribution in [-0.2, 0) is 4.79 Å².